The third kappa shape index (κ3) is 2.36. The summed E-state index contributed by atoms with van der Waals surface area (Å²) in [6.07, 6.45) is 3.76. The fourth-order valence-corrected chi connectivity index (χ4v) is 5.75. The maximum atomic E-state index is 13.1. The highest BCUT2D eigenvalue weighted by molar-refractivity contribution is 7.89. The van der Waals surface area contributed by atoms with Crippen LogP contribution in [0.5, 0.6) is 0 Å². The molecule has 23 heavy (non-hydrogen) atoms. The average molecular weight is 331 g/mol. The van der Waals surface area contributed by atoms with Crippen LogP contribution in [0.3, 0.4) is 0 Å². The van der Waals surface area contributed by atoms with Crippen LogP contribution in [0.15, 0.2) is 35.4 Å². The second kappa shape index (κ2) is 5.26. The maximum absolute atomic E-state index is 13.1. The van der Waals surface area contributed by atoms with E-state index in [9.17, 15) is 8.42 Å². The topological polar surface area (TPSA) is 76.3 Å². The van der Waals surface area contributed by atoms with Gasteiger partial charge in [-0.15, -0.1) is 0 Å². The third-order valence-corrected chi connectivity index (χ3v) is 7.17. The van der Waals surface area contributed by atoms with E-state index in [1.165, 1.54) is 0 Å². The Hall–Kier alpha value is -1.50. The van der Waals surface area contributed by atoms with Crippen molar-refractivity contribution >= 4 is 20.9 Å². The summed E-state index contributed by atoms with van der Waals surface area (Å²) in [5, 5.41) is 0.863. The zero-order valence-electron chi connectivity index (χ0n) is 13.1. The summed E-state index contributed by atoms with van der Waals surface area (Å²) in [6.45, 7) is 3.08. The number of aryl methyl sites for hydroxylation is 1. The lowest BCUT2D eigenvalue weighted by Gasteiger charge is -2.19. The van der Waals surface area contributed by atoms with Crippen molar-refractivity contribution in [3.05, 3.63) is 36.0 Å². The number of hydrogen-bond acceptors (Lipinski definition) is 4. The molecule has 6 heteroatoms. The van der Waals surface area contributed by atoms with Crippen LogP contribution in [-0.4, -0.2) is 36.8 Å². The fraction of sp³-hybridized carbons (Fsp3) is 0.471. The predicted octanol–water partition coefficient (Wildman–Crippen LogP) is 1.90. The number of rotatable bonds is 2. The Kier molecular flexibility index (Phi) is 3.44. The van der Waals surface area contributed by atoms with Crippen LogP contribution in [0.2, 0.25) is 0 Å². The third-order valence-electron chi connectivity index (χ3n) is 5.31. The summed E-state index contributed by atoms with van der Waals surface area (Å²) >= 11 is 0. The van der Waals surface area contributed by atoms with Crippen molar-refractivity contribution in [3.63, 3.8) is 0 Å². The summed E-state index contributed by atoms with van der Waals surface area (Å²) in [6, 6.07) is 7.46. The molecule has 1 saturated carbocycles. The lowest BCUT2D eigenvalue weighted by molar-refractivity contribution is 0.427. The highest BCUT2D eigenvalue weighted by Crippen LogP contribution is 2.39. The first-order valence-corrected chi connectivity index (χ1v) is 9.52. The molecule has 2 aromatic rings. The van der Waals surface area contributed by atoms with Crippen molar-refractivity contribution in [1.29, 1.82) is 0 Å². The van der Waals surface area contributed by atoms with Crippen LogP contribution in [0.25, 0.3) is 10.9 Å². The van der Waals surface area contributed by atoms with E-state index in [0.717, 1.165) is 23.8 Å². The first-order chi connectivity index (χ1) is 11.0. The first kappa shape index (κ1) is 15.1. The Labute approximate surface area is 136 Å². The molecule has 2 heterocycles. The Morgan fingerprint density at radius 2 is 2.09 bits per heavy atom. The molecule has 1 aliphatic carbocycles. The quantitative estimate of drug-likeness (QED) is 0.912. The molecule has 5 nitrogen and oxygen atoms in total. The molecule has 122 valence electrons. The zero-order chi connectivity index (χ0) is 16.2. The fourth-order valence-electron chi connectivity index (χ4n) is 4.05. The van der Waals surface area contributed by atoms with Crippen LogP contribution >= 0.6 is 0 Å². The molecule has 2 N–H and O–H groups in total. The molecule has 2 fully saturated rings. The van der Waals surface area contributed by atoms with Crippen LogP contribution < -0.4 is 5.73 Å². The monoisotopic (exact) mass is 331 g/mol. The van der Waals surface area contributed by atoms with Gasteiger partial charge in [0.05, 0.1) is 5.52 Å². The number of pyridine rings is 1. The van der Waals surface area contributed by atoms with Crippen molar-refractivity contribution in [3.8, 4) is 0 Å². The van der Waals surface area contributed by atoms with E-state index < -0.39 is 10.0 Å². The van der Waals surface area contributed by atoms with Crippen molar-refractivity contribution in [2.45, 2.75) is 30.7 Å². The van der Waals surface area contributed by atoms with E-state index in [1.807, 2.05) is 19.1 Å². The van der Waals surface area contributed by atoms with Gasteiger partial charge < -0.3 is 5.73 Å². The van der Waals surface area contributed by atoms with Crippen molar-refractivity contribution < 1.29 is 8.42 Å². The molecule has 2 aliphatic rings. The second-order valence-electron chi connectivity index (χ2n) is 6.83. The van der Waals surface area contributed by atoms with E-state index >= 15 is 0 Å². The SMILES string of the molecule is Cc1cnc2c(S(=O)(=O)N3CC4CCC(N)C4C3)cccc2c1. The van der Waals surface area contributed by atoms with Crippen LogP contribution in [-0.2, 0) is 10.0 Å². The van der Waals surface area contributed by atoms with E-state index in [1.54, 1.807) is 22.6 Å². The van der Waals surface area contributed by atoms with Gasteiger partial charge in [0, 0.05) is 30.7 Å². The minimum atomic E-state index is -3.53. The molecule has 0 amide bonds. The number of para-hydroxylation sites is 1. The van der Waals surface area contributed by atoms with Gasteiger partial charge in [0.2, 0.25) is 10.0 Å². The Bertz CT molecular complexity index is 865. The van der Waals surface area contributed by atoms with Crippen LogP contribution in [0.4, 0.5) is 0 Å². The van der Waals surface area contributed by atoms with Crippen LogP contribution in [0.1, 0.15) is 18.4 Å². The molecule has 0 radical (unpaired) electrons. The van der Waals surface area contributed by atoms with Gasteiger partial charge in [0.15, 0.2) is 0 Å². The van der Waals surface area contributed by atoms with Gasteiger partial charge in [-0.2, -0.15) is 4.31 Å². The Morgan fingerprint density at radius 3 is 2.87 bits per heavy atom. The molecule has 0 bridgehead atoms. The normalized spacial score (nSPS) is 28.3. The van der Waals surface area contributed by atoms with Gasteiger partial charge in [-0.25, -0.2) is 8.42 Å². The Balaban J connectivity index is 1.75. The van der Waals surface area contributed by atoms with Crippen molar-refractivity contribution in [2.24, 2.45) is 17.6 Å². The molecule has 1 aromatic carbocycles. The van der Waals surface area contributed by atoms with Gasteiger partial charge in [-0.3, -0.25) is 4.98 Å². The molecule has 3 atom stereocenters. The molecular weight excluding hydrogens is 310 g/mol. The first-order valence-electron chi connectivity index (χ1n) is 8.08. The molecule has 1 aromatic heterocycles. The maximum Gasteiger partial charge on any atom is 0.245 e. The number of fused-ring (bicyclic) bond motifs is 2. The highest BCUT2D eigenvalue weighted by Gasteiger charge is 2.45. The number of benzene rings is 1. The number of aromatic nitrogens is 1. The van der Waals surface area contributed by atoms with E-state index in [-0.39, 0.29) is 6.04 Å². The molecular formula is C17H21N3O2S. The summed E-state index contributed by atoms with van der Waals surface area (Å²) < 4.78 is 27.8. The van der Waals surface area contributed by atoms with Crippen molar-refractivity contribution in [2.75, 3.05) is 13.1 Å². The largest absolute Gasteiger partial charge is 0.327 e. The summed E-state index contributed by atoms with van der Waals surface area (Å²) in [5.74, 6) is 0.708. The van der Waals surface area contributed by atoms with E-state index in [0.29, 0.717) is 35.3 Å². The second-order valence-corrected chi connectivity index (χ2v) is 8.73. The number of hydrogen-bond donors (Lipinski definition) is 1. The van der Waals surface area contributed by atoms with Gasteiger partial charge in [-0.05, 0) is 49.3 Å². The van der Waals surface area contributed by atoms with Gasteiger partial charge in [0.1, 0.15) is 4.90 Å². The molecule has 0 spiro atoms. The molecule has 1 saturated heterocycles. The summed E-state index contributed by atoms with van der Waals surface area (Å²) in [5.41, 5.74) is 7.71. The standard InChI is InChI=1S/C17H21N3O2S/c1-11-7-12-3-2-4-16(17(12)19-8-11)23(21,22)20-9-13-5-6-15(18)14(13)10-20/h2-4,7-8,13-15H,5-6,9-10,18H2,1H3. The number of nitrogens with zero attached hydrogens (tertiary/aromatic N) is 2. The van der Waals surface area contributed by atoms with Crippen molar-refractivity contribution in [1.82, 2.24) is 9.29 Å². The predicted molar refractivity (Wildman–Crippen MR) is 89.4 cm³/mol. The highest BCUT2D eigenvalue weighted by atomic mass is 32.2. The van der Waals surface area contributed by atoms with Gasteiger partial charge in [-0.1, -0.05) is 12.1 Å². The van der Waals surface area contributed by atoms with E-state index in [2.05, 4.69) is 4.98 Å². The summed E-state index contributed by atoms with van der Waals surface area (Å²) in [7, 11) is -3.53. The number of nitrogens with two attached hydrogens (primary N) is 1. The molecule has 4 rings (SSSR count). The minimum Gasteiger partial charge on any atom is -0.327 e. The zero-order valence-corrected chi connectivity index (χ0v) is 14.0. The summed E-state index contributed by atoms with van der Waals surface area (Å²) in [4.78, 5) is 4.68. The van der Waals surface area contributed by atoms with Gasteiger partial charge >= 0.3 is 0 Å². The Morgan fingerprint density at radius 1 is 1.26 bits per heavy atom. The smallest absolute Gasteiger partial charge is 0.245 e. The van der Waals surface area contributed by atoms with Gasteiger partial charge in [0.25, 0.3) is 0 Å². The molecule has 1 aliphatic heterocycles. The lowest BCUT2D eigenvalue weighted by Crippen LogP contribution is -2.33. The average Bonchev–Trinajstić information content (AvgIpc) is 3.09. The minimum absolute atomic E-state index is 0.133. The number of sulfonamides is 1. The van der Waals surface area contributed by atoms with Crippen LogP contribution in [0, 0.1) is 18.8 Å². The molecule has 3 unspecified atom stereocenters. The lowest BCUT2D eigenvalue weighted by atomic mass is 9.98. The van der Waals surface area contributed by atoms with E-state index in [4.69, 9.17) is 5.73 Å².